The highest BCUT2D eigenvalue weighted by Gasteiger charge is 2.12. The third-order valence-electron chi connectivity index (χ3n) is 1.74. The van der Waals surface area contributed by atoms with Crippen molar-refractivity contribution in [2.45, 2.75) is 38.8 Å². The van der Waals surface area contributed by atoms with Crippen LogP contribution in [0.3, 0.4) is 0 Å². The zero-order valence-electron chi connectivity index (χ0n) is 8.37. The molecule has 5 heteroatoms. The monoisotopic (exact) mass is 194 g/mol. The molecule has 2 amide bonds. The summed E-state index contributed by atoms with van der Waals surface area (Å²) >= 11 is 0. The Labute approximate surface area is 83.7 Å². The van der Waals surface area contributed by atoms with Crippen LogP contribution in [-0.2, 0) is 0 Å². The summed E-state index contributed by atoms with van der Waals surface area (Å²) in [5, 5.41) is 22.0. The van der Waals surface area contributed by atoms with Gasteiger partial charge in [-0.3, -0.25) is 0 Å². The second kappa shape index (κ2) is 6.73. The average Bonchev–Trinajstić information content (AvgIpc) is 2.22. The number of nitriles is 2. The van der Waals surface area contributed by atoms with Gasteiger partial charge in [0, 0.05) is 0 Å². The molecule has 0 aliphatic heterocycles. The molecule has 5 nitrogen and oxygen atoms in total. The summed E-state index contributed by atoms with van der Waals surface area (Å²) in [7, 11) is 0. The fraction of sp³-hybridized carbons (Fsp3) is 0.667. The van der Waals surface area contributed by atoms with Crippen molar-refractivity contribution < 1.29 is 4.79 Å². The van der Waals surface area contributed by atoms with E-state index < -0.39 is 18.1 Å². The lowest BCUT2D eigenvalue weighted by Crippen LogP contribution is -2.45. The van der Waals surface area contributed by atoms with E-state index in [-0.39, 0.29) is 0 Å². The van der Waals surface area contributed by atoms with Gasteiger partial charge in [-0.25, -0.2) is 4.79 Å². The Morgan fingerprint density at radius 3 is 1.71 bits per heavy atom. The fourth-order valence-corrected chi connectivity index (χ4v) is 0.809. The lowest BCUT2D eigenvalue weighted by atomic mass is 10.2. The van der Waals surface area contributed by atoms with E-state index in [1.807, 2.05) is 12.1 Å². The van der Waals surface area contributed by atoms with E-state index in [1.54, 1.807) is 13.8 Å². The van der Waals surface area contributed by atoms with E-state index in [0.29, 0.717) is 12.8 Å². The Balaban J connectivity index is 3.99. The van der Waals surface area contributed by atoms with E-state index >= 15 is 0 Å². The zero-order chi connectivity index (χ0) is 11.0. The van der Waals surface area contributed by atoms with Crippen LogP contribution in [0, 0.1) is 22.7 Å². The number of carbonyl (C=O) groups excluding carboxylic acids is 1. The number of hydrogen-bond donors (Lipinski definition) is 2. The van der Waals surface area contributed by atoms with Gasteiger partial charge in [0.05, 0.1) is 12.1 Å². The molecular weight excluding hydrogens is 180 g/mol. The van der Waals surface area contributed by atoms with Gasteiger partial charge in [0.15, 0.2) is 0 Å². The second-order valence-electron chi connectivity index (χ2n) is 2.80. The van der Waals surface area contributed by atoms with Crippen LogP contribution in [0.4, 0.5) is 4.79 Å². The topological polar surface area (TPSA) is 88.7 Å². The number of amides is 2. The molecule has 2 atom stereocenters. The molecule has 0 aromatic rings. The van der Waals surface area contributed by atoms with Crippen LogP contribution in [0.2, 0.25) is 0 Å². The zero-order valence-corrected chi connectivity index (χ0v) is 8.37. The van der Waals surface area contributed by atoms with Gasteiger partial charge in [-0.2, -0.15) is 10.5 Å². The minimum Gasteiger partial charge on any atom is -0.322 e. The SMILES string of the molecule is CC[C@H](C#N)NC(=O)N[C@@H](C#N)CC. The van der Waals surface area contributed by atoms with Gasteiger partial charge in [0.2, 0.25) is 0 Å². The summed E-state index contributed by atoms with van der Waals surface area (Å²) in [5.41, 5.74) is 0. The molecule has 0 saturated carbocycles. The van der Waals surface area contributed by atoms with E-state index in [2.05, 4.69) is 10.6 Å². The molecule has 14 heavy (non-hydrogen) atoms. The second-order valence-corrected chi connectivity index (χ2v) is 2.80. The van der Waals surface area contributed by atoms with Gasteiger partial charge >= 0.3 is 6.03 Å². The van der Waals surface area contributed by atoms with Crippen molar-refractivity contribution in [2.75, 3.05) is 0 Å². The Hall–Kier alpha value is -1.75. The first-order valence-corrected chi connectivity index (χ1v) is 4.54. The number of hydrogen-bond acceptors (Lipinski definition) is 3. The van der Waals surface area contributed by atoms with Crippen molar-refractivity contribution in [1.29, 1.82) is 10.5 Å². The van der Waals surface area contributed by atoms with Crippen LogP contribution in [0.1, 0.15) is 26.7 Å². The Morgan fingerprint density at radius 1 is 1.14 bits per heavy atom. The van der Waals surface area contributed by atoms with Crippen molar-refractivity contribution in [2.24, 2.45) is 0 Å². The molecule has 0 aliphatic carbocycles. The van der Waals surface area contributed by atoms with E-state index in [9.17, 15) is 4.79 Å². The number of carbonyl (C=O) groups is 1. The molecule has 0 heterocycles. The molecule has 0 saturated heterocycles. The van der Waals surface area contributed by atoms with Gasteiger partial charge < -0.3 is 10.6 Å². The van der Waals surface area contributed by atoms with Crippen LogP contribution >= 0.6 is 0 Å². The molecule has 0 rings (SSSR count). The molecule has 0 aromatic heterocycles. The van der Waals surface area contributed by atoms with Gasteiger partial charge in [-0.1, -0.05) is 13.8 Å². The normalized spacial score (nSPS) is 13.1. The standard InChI is InChI=1S/C9H14N4O/c1-3-7(5-10)12-9(14)13-8(4-2)6-11/h7-8H,3-4H2,1-2H3,(H2,12,13,14)/t7-,8-/m1/s1. The van der Waals surface area contributed by atoms with Crippen molar-refractivity contribution in [3.63, 3.8) is 0 Å². The highest BCUT2D eigenvalue weighted by molar-refractivity contribution is 5.75. The number of nitrogens with one attached hydrogen (secondary N) is 2. The molecule has 0 fully saturated rings. The van der Waals surface area contributed by atoms with Crippen molar-refractivity contribution in [1.82, 2.24) is 10.6 Å². The summed E-state index contributed by atoms with van der Waals surface area (Å²) in [6, 6.07) is 2.42. The molecular formula is C9H14N4O. The smallest absolute Gasteiger partial charge is 0.316 e. The maximum absolute atomic E-state index is 11.2. The summed E-state index contributed by atoms with van der Waals surface area (Å²) in [4.78, 5) is 11.2. The molecule has 0 aliphatic rings. The van der Waals surface area contributed by atoms with Crippen LogP contribution < -0.4 is 10.6 Å². The van der Waals surface area contributed by atoms with Gasteiger partial charge in [0.25, 0.3) is 0 Å². The quantitative estimate of drug-likeness (QED) is 0.696. The van der Waals surface area contributed by atoms with Crippen molar-refractivity contribution >= 4 is 6.03 Å². The maximum atomic E-state index is 11.2. The molecule has 76 valence electrons. The van der Waals surface area contributed by atoms with Crippen molar-refractivity contribution in [3.8, 4) is 12.1 Å². The van der Waals surface area contributed by atoms with Crippen LogP contribution in [0.15, 0.2) is 0 Å². The summed E-state index contributed by atoms with van der Waals surface area (Å²) < 4.78 is 0. The van der Waals surface area contributed by atoms with E-state index in [1.165, 1.54) is 0 Å². The molecule has 0 aromatic carbocycles. The molecule has 0 unspecified atom stereocenters. The summed E-state index contributed by atoms with van der Waals surface area (Å²) in [6.45, 7) is 3.60. The van der Waals surface area contributed by atoms with Crippen molar-refractivity contribution in [3.05, 3.63) is 0 Å². The average molecular weight is 194 g/mol. The van der Waals surface area contributed by atoms with Crippen LogP contribution in [-0.4, -0.2) is 18.1 Å². The third-order valence-corrected chi connectivity index (χ3v) is 1.74. The number of rotatable bonds is 4. The highest BCUT2D eigenvalue weighted by atomic mass is 16.2. The van der Waals surface area contributed by atoms with Crippen LogP contribution in [0.5, 0.6) is 0 Å². The first kappa shape index (κ1) is 12.2. The predicted molar refractivity (Wildman–Crippen MR) is 51.1 cm³/mol. The minimum absolute atomic E-state index is 0.466. The number of nitrogens with zero attached hydrogens (tertiary/aromatic N) is 2. The third kappa shape index (κ3) is 4.32. The largest absolute Gasteiger partial charge is 0.322 e. The van der Waals surface area contributed by atoms with Gasteiger partial charge in [0.1, 0.15) is 12.1 Å². The molecule has 0 spiro atoms. The minimum atomic E-state index is -0.494. The first-order valence-electron chi connectivity index (χ1n) is 4.54. The van der Waals surface area contributed by atoms with Gasteiger partial charge in [-0.05, 0) is 12.8 Å². The maximum Gasteiger partial charge on any atom is 0.316 e. The number of urea groups is 1. The Bertz CT molecular complexity index is 237. The van der Waals surface area contributed by atoms with Gasteiger partial charge in [-0.15, -0.1) is 0 Å². The fourth-order valence-electron chi connectivity index (χ4n) is 0.809. The molecule has 0 radical (unpaired) electrons. The highest BCUT2D eigenvalue weighted by Crippen LogP contribution is 1.90. The lowest BCUT2D eigenvalue weighted by Gasteiger charge is -2.12. The first-order chi connectivity index (χ1) is 6.67. The molecule has 2 N–H and O–H groups in total. The Kier molecular flexibility index (Phi) is 5.89. The predicted octanol–water partition coefficient (Wildman–Crippen LogP) is 0.890. The lowest BCUT2D eigenvalue weighted by molar-refractivity contribution is 0.237. The Morgan fingerprint density at radius 2 is 1.50 bits per heavy atom. The van der Waals surface area contributed by atoms with E-state index in [4.69, 9.17) is 10.5 Å². The van der Waals surface area contributed by atoms with E-state index in [0.717, 1.165) is 0 Å². The summed E-state index contributed by atoms with van der Waals surface area (Å²) in [5.74, 6) is 0. The van der Waals surface area contributed by atoms with Crippen LogP contribution in [0.25, 0.3) is 0 Å². The summed E-state index contributed by atoms with van der Waals surface area (Å²) in [6.07, 6.45) is 1.10. The molecule has 0 bridgehead atoms.